The van der Waals surface area contributed by atoms with Crippen LogP contribution in [0, 0.1) is 6.92 Å². The normalized spacial score (nSPS) is 10.5. The summed E-state index contributed by atoms with van der Waals surface area (Å²) in [7, 11) is 1.62. The van der Waals surface area contributed by atoms with Crippen LogP contribution in [0.15, 0.2) is 29.1 Å². The van der Waals surface area contributed by atoms with E-state index in [1.54, 1.807) is 11.8 Å². The van der Waals surface area contributed by atoms with Crippen molar-refractivity contribution in [2.75, 3.05) is 7.11 Å². The molecule has 0 saturated heterocycles. The summed E-state index contributed by atoms with van der Waals surface area (Å²) in [5, 5.41) is 3.12. The van der Waals surface area contributed by atoms with Gasteiger partial charge in [0, 0.05) is 11.3 Å². The van der Waals surface area contributed by atoms with E-state index in [-0.39, 0.29) is 5.56 Å². The maximum Gasteiger partial charge on any atom is 0.274 e. The van der Waals surface area contributed by atoms with Crippen molar-refractivity contribution in [1.82, 2.24) is 9.78 Å². The van der Waals surface area contributed by atoms with Crippen LogP contribution in [0.2, 0.25) is 0 Å². The summed E-state index contributed by atoms with van der Waals surface area (Å²) in [6.07, 6.45) is 0.824. The van der Waals surface area contributed by atoms with Crippen LogP contribution in [-0.2, 0) is 6.42 Å². The van der Waals surface area contributed by atoms with Crippen LogP contribution in [0.25, 0.3) is 5.69 Å². The van der Waals surface area contributed by atoms with E-state index < -0.39 is 0 Å². The Morgan fingerprint density at radius 3 is 2.41 bits per heavy atom. The third-order valence-corrected chi connectivity index (χ3v) is 2.91. The SMILES string of the molecule is CCc1[nH]n(-c2ccc(OC)cc2)c(=O)c1C. The van der Waals surface area contributed by atoms with E-state index in [1.807, 2.05) is 38.1 Å². The van der Waals surface area contributed by atoms with Crippen LogP contribution in [0.5, 0.6) is 5.75 Å². The second kappa shape index (κ2) is 4.49. The molecule has 0 radical (unpaired) electrons. The van der Waals surface area contributed by atoms with Crippen molar-refractivity contribution in [3.8, 4) is 11.4 Å². The lowest BCUT2D eigenvalue weighted by molar-refractivity contribution is 0.414. The molecule has 17 heavy (non-hydrogen) atoms. The zero-order valence-corrected chi connectivity index (χ0v) is 10.3. The fourth-order valence-corrected chi connectivity index (χ4v) is 1.82. The fourth-order valence-electron chi connectivity index (χ4n) is 1.82. The van der Waals surface area contributed by atoms with Crippen LogP contribution < -0.4 is 10.3 Å². The van der Waals surface area contributed by atoms with Gasteiger partial charge in [0.1, 0.15) is 5.75 Å². The lowest BCUT2D eigenvalue weighted by Crippen LogP contribution is -2.15. The quantitative estimate of drug-likeness (QED) is 0.880. The van der Waals surface area contributed by atoms with Gasteiger partial charge in [0.05, 0.1) is 12.8 Å². The summed E-state index contributed by atoms with van der Waals surface area (Å²) in [6, 6.07) is 7.39. The highest BCUT2D eigenvalue weighted by Gasteiger charge is 2.09. The number of hydrogen-bond donors (Lipinski definition) is 1. The highest BCUT2D eigenvalue weighted by Crippen LogP contribution is 2.14. The second-order valence-corrected chi connectivity index (χ2v) is 3.91. The van der Waals surface area contributed by atoms with E-state index in [9.17, 15) is 4.79 Å². The lowest BCUT2D eigenvalue weighted by Gasteiger charge is -2.03. The molecule has 1 heterocycles. The maximum absolute atomic E-state index is 12.0. The van der Waals surface area contributed by atoms with Crippen molar-refractivity contribution in [3.05, 3.63) is 45.9 Å². The molecule has 4 heteroatoms. The molecule has 0 aliphatic rings. The fraction of sp³-hybridized carbons (Fsp3) is 0.308. The molecule has 0 spiro atoms. The van der Waals surface area contributed by atoms with Crippen molar-refractivity contribution in [2.45, 2.75) is 20.3 Å². The number of rotatable bonds is 3. The van der Waals surface area contributed by atoms with E-state index in [4.69, 9.17) is 4.74 Å². The first-order chi connectivity index (χ1) is 8.17. The summed E-state index contributed by atoms with van der Waals surface area (Å²) in [4.78, 5) is 12.0. The van der Waals surface area contributed by atoms with Crippen LogP contribution in [0.1, 0.15) is 18.2 Å². The zero-order chi connectivity index (χ0) is 12.4. The van der Waals surface area contributed by atoms with Crippen LogP contribution >= 0.6 is 0 Å². The Balaban J connectivity index is 2.49. The minimum Gasteiger partial charge on any atom is -0.497 e. The van der Waals surface area contributed by atoms with Gasteiger partial charge in [-0.1, -0.05) is 6.92 Å². The molecule has 0 unspecified atom stereocenters. The highest BCUT2D eigenvalue weighted by molar-refractivity contribution is 5.37. The predicted octanol–water partition coefficient (Wildman–Crippen LogP) is 2.05. The van der Waals surface area contributed by atoms with Gasteiger partial charge in [-0.3, -0.25) is 9.89 Å². The maximum atomic E-state index is 12.0. The Morgan fingerprint density at radius 2 is 1.94 bits per heavy atom. The number of hydrogen-bond acceptors (Lipinski definition) is 2. The molecule has 1 aromatic heterocycles. The average Bonchev–Trinajstić information content (AvgIpc) is 2.66. The standard InChI is InChI=1S/C13H16N2O2/c1-4-12-9(2)13(16)15(14-12)10-5-7-11(17-3)8-6-10/h5-8,14H,4H2,1-3H3. The van der Waals surface area contributed by atoms with Crippen LogP contribution in [0.3, 0.4) is 0 Å². The number of benzene rings is 1. The average molecular weight is 232 g/mol. The van der Waals surface area contributed by atoms with Gasteiger partial charge in [0.15, 0.2) is 0 Å². The van der Waals surface area contributed by atoms with E-state index in [2.05, 4.69) is 5.10 Å². The molecule has 0 atom stereocenters. The third kappa shape index (κ3) is 1.98. The van der Waals surface area contributed by atoms with Crippen molar-refractivity contribution < 1.29 is 4.74 Å². The van der Waals surface area contributed by atoms with Gasteiger partial charge in [-0.25, -0.2) is 4.68 Å². The molecular weight excluding hydrogens is 216 g/mol. The summed E-state index contributed by atoms with van der Waals surface area (Å²) >= 11 is 0. The zero-order valence-electron chi connectivity index (χ0n) is 10.3. The van der Waals surface area contributed by atoms with E-state index in [1.165, 1.54) is 0 Å². The van der Waals surface area contributed by atoms with Crippen LogP contribution in [-0.4, -0.2) is 16.9 Å². The van der Waals surface area contributed by atoms with E-state index in [0.717, 1.165) is 29.1 Å². The Morgan fingerprint density at radius 1 is 1.29 bits per heavy atom. The van der Waals surface area contributed by atoms with Gasteiger partial charge in [-0.15, -0.1) is 0 Å². The van der Waals surface area contributed by atoms with Crippen molar-refractivity contribution in [3.63, 3.8) is 0 Å². The van der Waals surface area contributed by atoms with Gasteiger partial charge in [0.25, 0.3) is 5.56 Å². The van der Waals surface area contributed by atoms with Gasteiger partial charge in [0.2, 0.25) is 0 Å². The first-order valence-corrected chi connectivity index (χ1v) is 5.62. The van der Waals surface area contributed by atoms with E-state index >= 15 is 0 Å². The number of H-pyrrole nitrogens is 1. The second-order valence-electron chi connectivity index (χ2n) is 3.91. The van der Waals surface area contributed by atoms with Crippen molar-refractivity contribution in [1.29, 1.82) is 0 Å². The van der Waals surface area contributed by atoms with Gasteiger partial charge < -0.3 is 4.74 Å². The predicted molar refractivity (Wildman–Crippen MR) is 67.1 cm³/mol. The molecule has 2 rings (SSSR count). The van der Waals surface area contributed by atoms with Gasteiger partial charge in [-0.2, -0.15) is 0 Å². The number of aromatic amines is 1. The molecule has 2 aromatic rings. The summed E-state index contributed by atoms with van der Waals surface area (Å²) < 4.78 is 6.65. The van der Waals surface area contributed by atoms with E-state index in [0.29, 0.717) is 0 Å². The number of aromatic nitrogens is 2. The number of nitrogens with zero attached hydrogens (tertiary/aromatic N) is 1. The monoisotopic (exact) mass is 232 g/mol. The van der Waals surface area contributed by atoms with Crippen molar-refractivity contribution >= 4 is 0 Å². The first kappa shape index (κ1) is 11.5. The largest absolute Gasteiger partial charge is 0.497 e. The number of methoxy groups -OCH3 is 1. The first-order valence-electron chi connectivity index (χ1n) is 5.62. The topological polar surface area (TPSA) is 47.0 Å². The Labute approximate surface area is 99.8 Å². The molecule has 0 aliphatic carbocycles. The van der Waals surface area contributed by atoms with Crippen LogP contribution in [0.4, 0.5) is 0 Å². The van der Waals surface area contributed by atoms with Gasteiger partial charge >= 0.3 is 0 Å². The molecule has 0 amide bonds. The summed E-state index contributed by atoms with van der Waals surface area (Å²) in [5.41, 5.74) is 2.58. The Hall–Kier alpha value is -1.97. The number of nitrogens with one attached hydrogen (secondary N) is 1. The third-order valence-electron chi connectivity index (χ3n) is 2.91. The molecule has 0 fully saturated rings. The molecule has 1 N–H and O–H groups in total. The smallest absolute Gasteiger partial charge is 0.274 e. The molecular formula is C13H16N2O2. The minimum atomic E-state index is 0.00650. The minimum absolute atomic E-state index is 0.00650. The molecule has 1 aromatic carbocycles. The summed E-state index contributed by atoms with van der Waals surface area (Å²) in [6.45, 7) is 3.87. The molecule has 0 aliphatic heterocycles. The lowest BCUT2D eigenvalue weighted by atomic mass is 10.2. The van der Waals surface area contributed by atoms with Gasteiger partial charge in [-0.05, 0) is 37.6 Å². The molecule has 4 nitrogen and oxygen atoms in total. The highest BCUT2D eigenvalue weighted by atomic mass is 16.5. The Bertz CT molecular complexity index is 564. The van der Waals surface area contributed by atoms with Crippen molar-refractivity contribution in [2.24, 2.45) is 0 Å². The Kier molecular flexibility index (Phi) is 3.04. The summed E-state index contributed by atoms with van der Waals surface area (Å²) in [5.74, 6) is 0.779. The number of ether oxygens (including phenoxy) is 1. The molecule has 90 valence electrons. The molecule has 0 saturated carbocycles. The number of aryl methyl sites for hydroxylation is 1. The molecule has 0 bridgehead atoms.